The smallest absolute Gasteiger partial charge is 0.335 e. The average molecular weight is 449 g/mol. The molecule has 0 aliphatic rings. The lowest BCUT2D eigenvalue weighted by Crippen LogP contribution is -2.44. The number of rotatable bonds is 16. The zero-order chi connectivity index (χ0) is 22.5. The van der Waals surface area contributed by atoms with Gasteiger partial charge in [-0.2, -0.15) is 0 Å². The lowest BCUT2D eigenvalue weighted by atomic mass is 10.4. The lowest BCUT2D eigenvalue weighted by Gasteiger charge is -2.34. The zero-order valence-electron chi connectivity index (χ0n) is 19.3. The summed E-state index contributed by atoms with van der Waals surface area (Å²) in [5.74, 6) is -0.714. The molecule has 0 aromatic carbocycles. The molecule has 0 saturated carbocycles. The highest BCUT2D eigenvalue weighted by atomic mass is 28.4. The highest BCUT2D eigenvalue weighted by molar-refractivity contribution is 6.84. The molecule has 0 aliphatic carbocycles. The van der Waals surface area contributed by atoms with Crippen LogP contribution in [0.1, 0.15) is 33.6 Å². The molecule has 0 rings (SSSR count). The van der Waals surface area contributed by atoms with Crippen molar-refractivity contribution in [3.8, 4) is 0 Å². The summed E-state index contributed by atoms with van der Waals surface area (Å²) in [6.45, 7) is 19.2. The quantitative estimate of drug-likeness (QED) is 0.115. The third-order valence-corrected chi connectivity index (χ3v) is 11.6. The Morgan fingerprint density at radius 1 is 0.897 bits per heavy atom. The molecule has 0 fully saturated rings. The number of carbonyl (C=O) groups excluding carboxylic acids is 2. The number of hydrogen-bond acceptors (Lipinski definition) is 7. The van der Waals surface area contributed by atoms with E-state index in [1.54, 1.807) is 13.8 Å². The summed E-state index contributed by atoms with van der Waals surface area (Å²) in [7, 11) is -3.56. The first kappa shape index (κ1) is 28.0. The van der Waals surface area contributed by atoms with Crippen molar-refractivity contribution in [1.29, 1.82) is 0 Å². The molecule has 0 heterocycles. The fourth-order valence-electron chi connectivity index (χ4n) is 2.83. The highest BCUT2D eigenvalue weighted by Crippen LogP contribution is 2.24. The zero-order valence-corrected chi connectivity index (χ0v) is 21.3. The molecule has 1 unspecified atom stereocenters. The van der Waals surface area contributed by atoms with Gasteiger partial charge >= 0.3 is 11.9 Å². The molecule has 0 N–H and O–H groups in total. The predicted molar refractivity (Wildman–Crippen MR) is 119 cm³/mol. The highest BCUT2D eigenvalue weighted by Gasteiger charge is 2.32. The van der Waals surface area contributed by atoms with E-state index in [0.29, 0.717) is 32.0 Å². The van der Waals surface area contributed by atoms with Gasteiger partial charge in [0.1, 0.15) is 6.61 Å². The Hall–Kier alpha value is -1.01. The van der Waals surface area contributed by atoms with E-state index in [0.717, 1.165) is 24.9 Å². The second-order valence-corrected chi connectivity index (χ2v) is 17.3. The molecule has 9 heteroatoms. The van der Waals surface area contributed by atoms with Crippen molar-refractivity contribution >= 4 is 28.6 Å². The van der Waals surface area contributed by atoms with Crippen LogP contribution in [-0.4, -0.2) is 61.3 Å². The van der Waals surface area contributed by atoms with Gasteiger partial charge < -0.3 is 23.1 Å². The fraction of sp³-hybridized carbons (Fsp3) is 0.800. The third-order valence-electron chi connectivity index (χ3n) is 4.05. The second-order valence-electron chi connectivity index (χ2n) is 8.41. The maximum absolute atomic E-state index is 11.4. The van der Waals surface area contributed by atoms with E-state index < -0.39 is 28.9 Å². The van der Waals surface area contributed by atoms with Gasteiger partial charge in [-0.3, -0.25) is 4.79 Å². The summed E-state index contributed by atoms with van der Waals surface area (Å²) in [4.78, 5) is 22.1. The van der Waals surface area contributed by atoms with Crippen LogP contribution in [0.2, 0.25) is 38.3 Å². The molecule has 1 atom stereocenters. The molecule has 0 spiro atoms. The van der Waals surface area contributed by atoms with Crippen LogP contribution >= 0.6 is 0 Å². The normalized spacial score (nSPS) is 13.1. The van der Waals surface area contributed by atoms with Crippen LogP contribution < -0.4 is 0 Å². The summed E-state index contributed by atoms with van der Waals surface area (Å²) in [5, 5.41) is 0. The van der Waals surface area contributed by atoms with Crippen molar-refractivity contribution in [3.05, 3.63) is 12.2 Å². The Labute approximate surface area is 178 Å². The minimum Gasteiger partial charge on any atom is -0.463 e. The van der Waals surface area contributed by atoms with E-state index >= 15 is 0 Å². The first-order valence-electron chi connectivity index (χ1n) is 10.2. The van der Waals surface area contributed by atoms with Crippen molar-refractivity contribution in [2.24, 2.45) is 0 Å². The predicted octanol–water partition coefficient (Wildman–Crippen LogP) is 4.26. The van der Waals surface area contributed by atoms with Crippen molar-refractivity contribution < 1.29 is 32.7 Å². The van der Waals surface area contributed by atoms with Crippen molar-refractivity contribution in [2.75, 3.05) is 26.4 Å². The number of esters is 2. The molecule has 0 amide bonds. The first-order valence-corrected chi connectivity index (χ1v) is 16.5. The minimum atomic E-state index is -1.79. The van der Waals surface area contributed by atoms with Crippen LogP contribution in [0.5, 0.6) is 0 Å². The number of ether oxygens (including phenoxy) is 4. The van der Waals surface area contributed by atoms with Crippen molar-refractivity contribution in [2.45, 2.75) is 78.2 Å². The average Bonchev–Trinajstić information content (AvgIpc) is 2.56. The molecule has 170 valence electrons. The molecule has 0 aromatic rings. The first-order chi connectivity index (χ1) is 13.3. The molecule has 0 aromatic heterocycles. The van der Waals surface area contributed by atoms with Crippen LogP contribution in [0, 0.1) is 0 Å². The molecule has 0 radical (unpaired) electrons. The van der Waals surface area contributed by atoms with Crippen molar-refractivity contribution in [1.82, 2.24) is 0 Å². The van der Waals surface area contributed by atoms with E-state index in [1.807, 2.05) is 0 Å². The summed E-state index contributed by atoms with van der Waals surface area (Å²) < 4.78 is 27.6. The van der Waals surface area contributed by atoms with Crippen LogP contribution in [0.15, 0.2) is 12.2 Å². The second kappa shape index (κ2) is 14.1. The molecular weight excluding hydrogens is 408 g/mol. The summed E-state index contributed by atoms with van der Waals surface area (Å²) in [5.41, 5.74) is 0.365. The topological polar surface area (TPSA) is 80.3 Å². The number of carbonyl (C=O) groups is 2. The van der Waals surface area contributed by atoms with Gasteiger partial charge in [0.2, 0.25) is 0 Å². The van der Waals surface area contributed by atoms with E-state index in [-0.39, 0.29) is 5.97 Å². The van der Waals surface area contributed by atoms with Gasteiger partial charge in [0.25, 0.3) is 0 Å². The Morgan fingerprint density at radius 3 is 1.97 bits per heavy atom. The lowest BCUT2D eigenvalue weighted by molar-refractivity contribution is -0.170. The van der Waals surface area contributed by atoms with Gasteiger partial charge in [-0.25, -0.2) is 4.79 Å². The van der Waals surface area contributed by atoms with Crippen LogP contribution in [0.25, 0.3) is 0 Å². The molecule has 0 saturated heterocycles. The van der Waals surface area contributed by atoms with Gasteiger partial charge in [-0.1, -0.05) is 6.58 Å². The maximum Gasteiger partial charge on any atom is 0.335 e. The molecule has 0 bridgehead atoms. The van der Waals surface area contributed by atoms with E-state index in [1.165, 1.54) is 6.92 Å². The summed E-state index contributed by atoms with van der Waals surface area (Å²) in [6, 6.07) is 2.02. The fourth-order valence-corrected chi connectivity index (χ4v) is 11.6. The minimum absolute atomic E-state index is 0.282. The Balaban J connectivity index is 4.00. The van der Waals surface area contributed by atoms with Crippen molar-refractivity contribution in [3.63, 3.8) is 0 Å². The summed E-state index contributed by atoms with van der Waals surface area (Å²) in [6.07, 6.45) is 1.24. The van der Waals surface area contributed by atoms with Gasteiger partial charge in [-0.15, -0.1) is 0 Å². The van der Waals surface area contributed by atoms with E-state index in [4.69, 9.17) is 23.1 Å². The Kier molecular flexibility index (Phi) is 13.6. The van der Waals surface area contributed by atoms with Gasteiger partial charge in [-0.05, 0) is 65.0 Å². The SMILES string of the molecule is C=C(C)C(=O)OC(C)OCCC[Si](C)(C)O[Si](C)(C)CCCOCCOC(C)=O. The number of hydrogen-bond donors (Lipinski definition) is 0. The monoisotopic (exact) mass is 448 g/mol. The maximum atomic E-state index is 11.4. The largest absolute Gasteiger partial charge is 0.463 e. The molecule has 7 nitrogen and oxygen atoms in total. The Morgan fingerprint density at radius 2 is 1.45 bits per heavy atom. The van der Waals surface area contributed by atoms with Gasteiger partial charge in [0.05, 0.1) is 13.2 Å². The third kappa shape index (κ3) is 16.5. The van der Waals surface area contributed by atoms with E-state index in [9.17, 15) is 9.59 Å². The molecule has 29 heavy (non-hydrogen) atoms. The van der Waals surface area contributed by atoms with Crippen LogP contribution in [-0.2, 0) is 32.7 Å². The van der Waals surface area contributed by atoms with E-state index in [2.05, 4.69) is 32.8 Å². The summed E-state index contributed by atoms with van der Waals surface area (Å²) >= 11 is 0. The van der Waals surface area contributed by atoms with Gasteiger partial charge in [0, 0.05) is 19.1 Å². The van der Waals surface area contributed by atoms with Crippen LogP contribution in [0.3, 0.4) is 0 Å². The molecular formula is C20H40O7Si2. The van der Waals surface area contributed by atoms with Gasteiger partial charge in [0.15, 0.2) is 22.9 Å². The Bertz CT molecular complexity index is 521. The van der Waals surface area contributed by atoms with Crippen LogP contribution in [0.4, 0.5) is 0 Å². The standard InChI is InChI=1S/C20H40O7Si2/c1-17(2)20(22)26-19(4)25-12-10-16-29(7,8)27-28(5,6)15-9-11-23-13-14-24-18(3)21/h19H,1,9-16H2,2-8H3. The molecule has 0 aliphatic heterocycles.